The number of halogens is 1. The van der Waals surface area contributed by atoms with Crippen molar-refractivity contribution in [1.29, 1.82) is 0 Å². The van der Waals surface area contributed by atoms with E-state index in [1.807, 2.05) is 48.9 Å². The fourth-order valence-electron chi connectivity index (χ4n) is 2.70. The molecule has 3 aromatic rings. The van der Waals surface area contributed by atoms with Gasteiger partial charge in [-0.25, -0.2) is 0 Å². The van der Waals surface area contributed by atoms with Crippen molar-refractivity contribution in [1.82, 2.24) is 19.6 Å². The first-order valence-electron chi connectivity index (χ1n) is 7.94. The molecule has 0 unspecified atom stereocenters. The molecule has 0 atom stereocenters. The van der Waals surface area contributed by atoms with Crippen LogP contribution in [0.25, 0.3) is 6.08 Å². The Labute approximate surface area is 151 Å². The normalized spacial score (nSPS) is 11.4. The lowest BCUT2D eigenvalue weighted by Gasteiger charge is -2.06. The van der Waals surface area contributed by atoms with Gasteiger partial charge in [0.1, 0.15) is 0 Å². The highest BCUT2D eigenvalue weighted by atomic mass is 35.5. The van der Waals surface area contributed by atoms with Gasteiger partial charge in [-0.2, -0.15) is 10.2 Å². The van der Waals surface area contributed by atoms with Crippen LogP contribution in [0, 0.1) is 13.8 Å². The first-order chi connectivity index (χ1) is 12.0. The van der Waals surface area contributed by atoms with Gasteiger partial charge in [-0.05, 0) is 37.6 Å². The van der Waals surface area contributed by atoms with Crippen molar-refractivity contribution in [3.8, 4) is 0 Å². The van der Waals surface area contributed by atoms with Gasteiger partial charge in [0.2, 0.25) is 0 Å². The summed E-state index contributed by atoms with van der Waals surface area (Å²) in [5, 5.41) is 9.32. The van der Waals surface area contributed by atoms with E-state index in [0.29, 0.717) is 12.1 Å². The second-order valence-electron chi connectivity index (χ2n) is 5.93. The number of aryl methyl sites for hydroxylation is 2. The molecule has 0 fully saturated rings. The summed E-state index contributed by atoms with van der Waals surface area (Å²) < 4.78 is 3.52. The molecule has 2 heterocycles. The van der Waals surface area contributed by atoms with Crippen LogP contribution >= 0.6 is 11.6 Å². The van der Waals surface area contributed by atoms with Gasteiger partial charge in [0, 0.05) is 29.5 Å². The monoisotopic (exact) mass is 354 g/mol. The van der Waals surface area contributed by atoms with Gasteiger partial charge in [-0.15, -0.1) is 0 Å². The van der Waals surface area contributed by atoms with Crippen LogP contribution in [0.2, 0.25) is 5.02 Å². The molecule has 6 heteroatoms. The van der Waals surface area contributed by atoms with Crippen molar-refractivity contribution in [2.75, 3.05) is 0 Å². The maximum Gasteiger partial charge on any atom is 0.189 e. The van der Waals surface area contributed by atoms with E-state index in [1.54, 1.807) is 30.2 Å². The molecule has 0 amide bonds. The van der Waals surface area contributed by atoms with E-state index < -0.39 is 0 Å². The molecule has 0 radical (unpaired) electrons. The number of benzene rings is 1. The highest BCUT2D eigenvalue weighted by molar-refractivity contribution is 6.31. The molecule has 0 N–H and O–H groups in total. The Kier molecular flexibility index (Phi) is 4.86. The Hall–Kier alpha value is -2.66. The zero-order valence-electron chi connectivity index (χ0n) is 14.4. The largest absolute Gasteiger partial charge is 0.289 e. The molecular weight excluding hydrogens is 336 g/mol. The summed E-state index contributed by atoms with van der Waals surface area (Å²) in [5.74, 6) is -0.0780. The van der Waals surface area contributed by atoms with Crippen LogP contribution in [-0.4, -0.2) is 25.3 Å². The Morgan fingerprint density at radius 3 is 2.72 bits per heavy atom. The Morgan fingerprint density at radius 1 is 1.28 bits per heavy atom. The fourth-order valence-corrected chi connectivity index (χ4v) is 2.89. The van der Waals surface area contributed by atoms with Crippen molar-refractivity contribution in [2.45, 2.75) is 20.4 Å². The summed E-state index contributed by atoms with van der Waals surface area (Å²) in [6, 6.07) is 7.72. The van der Waals surface area contributed by atoms with Crippen LogP contribution in [0.3, 0.4) is 0 Å². The fraction of sp³-hybridized carbons (Fsp3) is 0.211. The van der Waals surface area contributed by atoms with Crippen molar-refractivity contribution in [2.24, 2.45) is 7.05 Å². The van der Waals surface area contributed by atoms with Crippen LogP contribution in [0.1, 0.15) is 32.9 Å². The first kappa shape index (κ1) is 17.2. The van der Waals surface area contributed by atoms with Gasteiger partial charge in [0.25, 0.3) is 0 Å². The van der Waals surface area contributed by atoms with Crippen molar-refractivity contribution in [3.05, 3.63) is 75.8 Å². The van der Waals surface area contributed by atoms with E-state index in [-0.39, 0.29) is 5.78 Å². The molecule has 2 aromatic heterocycles. The van der Waals surface area contributed by atoms with Gasteiger partial charge >= 0.3 is 0 Å². The average molecular weight is 355 g/mol. The number of aromatic nitrogens is 4. The maximum absolute atomic E-state index is 12.2. The lowest BCUT2D eigenvalue weighted by Crippen LogP contribution is -2.04. The molecule has 1 aromatic carbocycles. The third-order valence-corrected chi connectivity index (χ3v) is 4.47. The lowest BCUT2D eigenvalue weighted by molar-refractivity contribution is 0.104. The molecule has 0 aliphatic heterocycles. The highest BCUT2D eigenvalue weighted by Crippen LogP contribution is 2.20. The number of carbonyl (C=O) groups excluding carboxylic acids is 1. The maximum atomic E-state index is 12.2. The summed E-state index contributed by atoms with van der Waals surface area (Å²) in [6.45, 7) is 4.52. The molecular formula is C19H19ClN4O. The van der Waals surface area contributed by atoms with E-state index in [4.69, 9.17) is 11.6 Å². The summed E-state index contributed by atoms with van der Waals surface area (Å²) in [6.07, 6.45) is 6.64. The van der Waals surface area contributed by atoms with Crippen LogP contribution < -0.4 is 0 Å². The smallest absolute Gasteiger partial charge is 0.189 e. The van der Waals surface area contributed by atoms with Crippen molar-refractivity contribution < 1.29 is 4.79 Å². The van der Waals surface area contributed by atoms with Crippen molar-refractivity contribution >= 4 is 23.5 Å². The standard InChI is InChI=1S/C19H19ClN4O/c1-13-17(8-9-19(25)16-10-21-23(3)11-16)14(2)24(22-13)12-15-6-4-5-7-18(15)20/h4-11H,12H2,1-3H3/b9-8+. The highest BCUT2D eigenvalue weighted by Gasteiger charge is 2.12. The molecule has 0 aliphatic rings. The molecule has 0 aliphatic carbocycles. The number of allylic oxidation sites excluding steroid dienone is 1. The lowest BCUT2D eigenvalue weighted by atomic mass is 10.1. The van der Waals surface area contributed by atoms with Crippen LogP contribution in [0.15, 0.2) is 42.7 Å². The van der Waals surface area contributed by atoms with Gasteiger partial charge < -0.3 is 0 Å². The quantitative estimate of drug-likeness (QED) is 0.517. The van der Waals surface area contributed by atoms with E-state index in [2.05, 4.69) is 10.2 Å². The van der Waals surface area contributed by atoms with Gasteiger partial charge in [-0.1, -0.05) is 29.8 Å². The van der Waals surface area contributed by atoms with Gasteiger partial charge in [0.15, 0.2) is 5.78 Å². The number of carbonyl (C=O) groups is 1. The zero-order valence-corrected chi connectivity index (χ0v) is 15.2. The summed E-state index contributed by atoms with van der Waals surface area (Å²) in [7, 11) is 1.79. The molecule has 0 spiro atoms. The second-order valence-corrected chi connectivity index (χ2v) is 6.34. The summed E-state index contributed by atoms with van der Waals surface area (Å²) >= 11 is 6.24. The molecule has 0 saturated heterocycles. The Bertz CT molecular complexity index is 952. The van der Waals surface area contributed by atoms with Crippen LogP contribution in [0.4, 0.5) is 0 Å². The number of rotatable bonds is 5. The SMILES string of the molecule is Cc1nn(Cc2ccccc2Cl)c(C)c1/C=C/C(=O)c1cnn(C)c1. The average Bonchev–Trinajstić information content (AvgIpc) is 3.12. The van der Waals surface area contributed by atoms with E-state index in [1.165, 1.54) is 0 Å². The van der Waals surface area contributed by atoms with E-state index in [0.717, 1.165) is 27.5 Å². The number of ketones is 1. The zero-order chi connectivity index (χ0) is 18.0. The van der Waals surface area contributed by atoms with E-state index >= 15 is 0 Å². The number of hydrogen-bond donors (Lipinski definition) is 0. The van der Waals surface area contributed by atoms with Crippen LogP contribution in [0.5, 0.6) is 0 Å². The molecule has 128 valence electrons. The Morgan fingerprint density at radius 2 is 2.04 bits per heavy atom. The van der Waals surface area contributed by atoms with Gasteiger partial charge in [-0.3, -0.25) is 14.2 Å². The van der Waals surface area contributed by atoms with Gasteiger partial charge in [0.05, 0.1) is 24.0 Å². The topological polar surface area (TPSA) is 52.7 Å². The Balaban J connectivity index is 1.83. The summed E-state index contributed by atoms with van der Waals surface area (Å²) in [4.78, 5) is 12.2. The molecule has 0 saturated carbocycles. The van der Waals surface area contributed by atoms with E-state index in [9.17, 15) is 4.79 Å². The minimum Gasteiger partial charge on any atom is -0.289 e. The third-order valence-electron chi connectivity index (χ3n) is 4.11. The minimum absolute atomic E-state index is 0.0780. The molecule has 3 rings (SSSR count). The molecule has 0 bridgehead atoms. The first-order valence-corrected chi connectivity index (χ1v) is 8.32. The molecule has 25 heavy (non-hydrogen) atoms. The number of nitrogens with zero attached hydrogens (tertiary/aromatic N) is 4. The van der Waals surface area contributed by atoms with Crippen LogP contribution in [-0.2, 0) is 13.6 Å². The van der Waals surface area contributed by atoms with Crippen molar-refractivity contribution in [3.63, 3.8) is 0 Å². The summed E-state index contributed by atoms with van der Waals surface area (Å²) in [5.41, 5.74) is 4.39. The third kappa shape index (κ3) is 3.72. The number of hydrogen-bond acceptors (Lipinski definition) is 3. The predicted octanol–water partition coefficient (Wildman–Crippen LogP) is 3.83. The second kappa shape index (κ2) is 7.07. The predicted molar refractivity (Wildman–Crippen MR) is 98.8 cm³/mol. The molecule has 5 nitrogen and oxygen atoms in total. The minimum atomic E-state index is -0.0780.